The largest absolute Gasteiger partial charge is 0.325 e. The predicted molar refractivity (Wildman–Crippen MR) is 114 cm³/mol. The fourth-order valence-corrected chi connectivity index (χ4v) is 4.54. The van der Waals surface area contributed by atoms with E-state index in [9.17, 15) is 18.0 Å². The van der Waals surface area contributed by atoms with E-state index in [2.05, 4.69) is 5.32 Å². The third-order valence-corrected chi connectivity index (χ3v) is 6.55. The van der Waals surface area contributed by atoms with E-state index >= 15 is 0 Å². The number of benzene rings is 2. The van der Waals surface area contributed by atoms with Gasteiger partial charge in [-0.25, -0.2) is 8.42 Å². The summed E-state index contributed by atoms with van der Waals surface area (Å²) in [4.78, 5) is 24.3. The van der Waals surface area contributed by atoms with Gasteiger partial charge in [-0.1, -0.05) is 42.5 Å². The van der Waals surface area contributed by atoms with Crippen LogP contribution in [-0.4, -0.2) is 37.5 Å². The van der Waals surface area contributed by atoms with E-state index in [0.717, 1.165) is 5.56 Å². The summed E-state index contributed by atoms with van der Waals surface area (Å²) in [6.07, 6.45) is 2.45. The summed E-state index contributed by atoms with van der Waals surface area (Å²) in [6.45, 7) is 2.03. The number of amides is 1. The summed E-state index contributed by atoms with van der Waals surface area (Å²) in [5, 5.41) is 4.03. The normalized spacial score (nSPS) is 16.0. The van der Waals surface area contributed by atoms with Crippen molar-refractivity contribution in [2.45, 2.75) is 19.8 Å². The number of hydrogen-bond donors (Lipinski definition) is 1. The molecule has 0 radical (unpaired) electrons. The summed E-state index contributed by atoms with van der Waals surface area (Å²) >= 11 is 0. The minimum absolute atomic E-state index is 0.119. The van der Waals surface area contributed by atoms with Crippen LogP contribution in [0.25, 0.3) is 6.08 Å². The summed E-state index contributed by atoms with van der Waals surface area (Å²) in [5.74, 6) is -0.595. The minimum atomic E-state index is -3.53. The Morgan fingerprint density at radius 1 is 1.00 bits per heavy atom. The number of hydrogen-bond acceptors (Lipinski definition) is 4. The molecule has 0 unspecified atom stereocenters. The van der Waals surface area contributed by atoms with Gasteiger partial charge in [0.2, 0.25) is 15.9 Å². The van der Waals surface area contributed by atoms with Crippen molar-refractivity contribution in [1.82, 2.24) is 4.31 Å². The van der Waals surface area contributed by atoms with E-state index in [-0.39, 0.29) is 30.7 Å². The minimum Gasteiger partial charge on any atom is -0.325 e. The molecule has 2 aromatic carbocycles. The molecule has 1 aliphatic heterocycles. The van der Waals surface area contributed by atoms with Crippen molar-refractivity contribution >= 4 is 33.5 Å². The fraction of sp³-hybridized carbons (Fsp3) is 0.273. The van der Waals surface area contributed by atoms with Crippen LogP contribution in [0, 0.1) is 5.92 Å². The Kier molecular flexibility index (Phi) is 6.61. The molecule has 3 rings (SSSR count). The van der Waals surface area contributed by atoms with Gasteiger partial charge in [-0.3, -0.25) is 9.59 Å². The Hall–Kier alpha value is -2.77. The Morgan fingerprint density at radius 3 is 2.28 bits per heavy atom. The molecule has 152 valence electrons. The highest BCUT2D eigenvalue weighted by atomic mass is 32.2. The molecule has 1 aliphatic rings. The van der Waals surface area contributed by atoms with E-state index in [1.807, 2.05) is 30.3 Å². The van der Waals surface area contributed by atoms with Crippen molar-refractivity contribution in [3.8, 4) is 0 Å². The van der Waals surface area contributed by atoms with Crippen LogP contribution in [0.3, 0.4) is 0 Å². The summed E-state index contributed by atoms with van der Waals surface area (Å²) < 4.78 is 26.5. The van der Waals surface area contributed by atoms with Crippen LogP contribution in [-0.2, 0) is 14.8 Å². The zero-order valence-corrected chi connectivity index (χ0v) is 17.1. The molecule has 1 N–H and O–H groups in total. The van der Waals surface area contributed by atoms with Gasteiger partial charge < -0.3 is 5.32 Å². The first-order valence-corrected chi connectivity index (χ1v) is 11.0. The average molecular weight is 413 g/mol. The Morgan fingerprint density at radius 2 is 1.62 bits per heavy atom. The van der Waals surface area contributed by atoms with Gasteiger partial charge in [-0.15, -0.1) is 0 Å². The molecule has 1 fully saturated rings. The number of nitrogens with zero attached hydrogens (tertiary/aromatic N) is 1. The van der Waals surface area contributed by atoms with Gasteiger partial charge in [0.05, 0.1) is 5.69 Å². The highest BCUT2D eigenvalue weighted by Crippen LogP contribution is 2.23. The van der Waals surface area contributed by atoms with Crippen LogP contribution < -0.4 is 5.32 Å². The lowest BCUT2D eigenvalue weighted by atomic mass is 9.97. The molecule has 0 aromatic heterocycles. The van der Waals surface area contributed by atoms with Gasteiger partial charge >= 0.3 is 0 Å². The Bertz CT molecular complexity index is 1010. The van der Waals surface area contributed by atoms with Crippen LogP contribution in [0.2, 0.25) is 0 Å². The SMILES string of the molecule is CC(=O)c1ccccc1NC(=O)C1CCN(S(=O)(=O)/C=C/c2ccccc2)CC1. The Balaban J connectivity index is 1.59. The van der Waals surface area contributed by atoms with Gasteiger partial charge in [0.25, 0.3) is 0 Å². The number of Topliss-reactive ketones (excluding diaryl/α,β-unsaturated/α-hetero) is 1. The van der Waals surface area contributed by atoms with Crippen molar-refractivity contribution in [2.75, 3.05) is 18.4 Å². The fourth-order valence-electron chi connectivity index (χ4n) is 3.32. The number of anilines is 1. The van der Waals surface area contributed by atoms with Gasteiger partial charge in [0.1, 0.15) is 0 Å². The molecule has 0 saturated carbocycles. The van der Waals surface area contributed by atoms with Crippen molar-refractivity contribution in [3.63, 3.8) is 0 Å². The van der Waals surface area contributed by atoms with Crippen LogP contribution in [0.1, 0.15) is 35.7 Å². The highest BCUT2D eigenvalue weighted by molar-refractivity contribution is 7.92. The first kappa shape index (κ1) is 21.0. The maximum atomic E-state index is 12.6. The molecule has 1 saturated heterocycles. The number of ketones is 1. The maximum absolute atomic E-state index is 12.6. The number of carbonyl (C=O) groups excluding carboxylic acids is 2. The number of sulfonamides is 1. The van der Waals surface area contributed by atoms with E-state index in [4.69, 9.17) is 0 Å². The lowest BCUT2D eigenvalue weighted by Crippen LogP contribution is -2.40. The van der Waals surface area contributed by atoms with Gasteiger partial charge in [-0.05, 0) is 43.5 Å². The molecule has 0 atom stereocenters. The van der Waals surface area contributed by atoms with Crippen LogP contribution in [0.5, 0.6) is 0 Å². The monoisotopic (exact) mass is 412 g/mol. The number of nitrogens with one attached hydrogen (secondary N) is 1. The molecule has 6 nitrogen and oxygen atoms in total. The van der Waals surface area contributed by atoms with Crippen LogP contribution in [0.15, 0.2) is 60.0 Å². The molecule has 1 amide bonds. The summed E-state index contributed by atoms with van der Waals surface area (Å²) in [7, 11) is -3.53. The zero-order valence-electron chi connectivity index (χ0n) is 16.2. The van der Waals surface area contributed by atoms with E-state index in [1.165, 1.54) is 16.6 Å². The smallest absolute Gasteiger partial charge is 0.236 e. The number of rotatable bonds is 6. The Labute approximate surface area is 171 Å². The standard InChI is InChI=1S/C22H24N2O4S/c1-17(25)20-9-5-6-10-21(20)23-22(26)19-11-14-24(15-12-19)29(27,28)16-13-18-7-3-2-4-8-18/h2-10,13,16,19H,11-12,14-15H2,1H3,(H,23,26)/b16-13+. The van der Waals surface area contributed by atoms with E-state index in [0.29, 0.717) is 24.1 Å². The molecule has 7 heteroatoms. The lowest BCUT2D eigenvalue weighted by molar-refractivity contribution is -0.120. The number of para-hydroxylation sites is 1. The predicted octanol–water partition coefficient (Wildman–Crippen LogP) is 3.54. The molecular formula is C22H24N2O4S. The number of carbonyl (C=O) groups is 2. The van der Waals surface area contributed by atoms with Crippen molar-refractivity contribution in [2.24, 2.45) is 5.92 Å². The van der Waals surface area contributed by atoms with E-state index in [1.54, 1.807) is 30.3 Å². The lowest BCUT2D eigenvalue weighted by Gasteiger charge is -2.29. The van der Waals surface area contributed by atoms with Crippen LogP contribution in [0.4, 0.5) is 5.69 Å². The third kappa shape index (κ3) is 5.40. The molecule has 29 heavy (non-hydrogen) atoms. The van der Waals surface area contributed by atoms with Gasteiger partial charge in [0.15, 0.2) is 5.78 Å². The molecular weight excluding hydrogens is 388 g/mol. The maximum Gasteiger partial charge on any atom is 0.236 e. The second kappa shape index (κ2) is 9.15. The molecule has 1 heterocycles. The van der Waals surface area contributed by atoms with Crippen molar-refractivity contribution < 1.29 is 18.0 Å². The van der Waals surface area contributed by atoms with Crippen molar-refractivity contribution in [1.29, 1.82) is 0 Å². The van der Waals surface area contributed by atoms with Gasteiger partial charge in [-0.2, -0.15) is 4.31 Å². The van der Waals surface area contributed by atoms with E-state index < -0.39 is 10.0 Å². The summed E-state index contributed by atoms with van der Waals surface area (Å²) in [6, 6.07) is 16.1. The molecule has 0 bridgehead atoms. The van der Waals surface area contributed by atoms with Crippen molar-refractivity contribution in [3.05, 3.63) is 71.1 Å². The number of piperidine rings is 1. The molecule has 2 aromatic rings. The first-order valence-electron chi connectivity index (χ1n) is 9.51. The molecule has 0 aliphatic carbocycles. The first-order chi connectivity index (χ1) is 13.9. The topological polar surface area (TPSA) is 83.6 Å². The quantitative estimate of drug-likeness (QED) is 0.736. The second-order valence-corrected chi connectivity index (χ2v) is 8.84. The average Bonchev–Trinajstić information content (AvgIpc) is 2.73. The molecule has 0 spiro atoms. The third-order valence-electron chi connectivity index (χ3n) is 4.98. The van der Waals surface area contributed by atoms with Gasteiger partial charge in [0, 0.05) is 30.0 Å². The second-order valence-electron chi connectivity index (χ2n) is 7.02. The summed E-state index contributed by atoms with van der Waals surface area (Å²) in [5.41, 5.74) is 1.77. The highest BCUT2D eigenvalue weighted by Gasteiger charge is 2.30. The van der Waals surface area contributed by atoms with Crippen LogP contribution >= 0.6 is 0 Å². The zero-order chi connectivity index (χ0) is 20.9.